The number of hydrogen-bond donors (Lipinski definition) is 1. The monoisotopic (exact) mass is 297 g/mol. The van der Waals surface area contributed by atoms with Gasteiger partial charge in [-0.25, -0.2) is 9.18 Å². The molecule has 0 spiro atoms. The molecule has 0 aliphatic carbocycles. The first-order valence-electron chi connectivity index (χ1n) is 7.07. The molecule has 1 aromatic carbocycles. The van der Waals surface area contributed by atoms with Crippen molar-refractivity contribution in [2.75, 3.05) is 25.6 Å². The number of rotatable bonds is 7. The second kappa shape index (κ2) is 7.41. The van der Waals surface area contributed by atoms with Gasteiger partial charge in [0.2, 0.25) is 0 Å². The van der Waals surface area contributed by atoms with Crippen molar-refractivity contribution in [1.82, 2.24) is 0 Å². The third kappa shape index (κ3) is 4.17. The van der Waals surface area contributed by atoms with Crippen LogP contribution in [0.3, 0.4) is 0 Å². The number of benzene rings is 1. The lowest BCUT2D eigenvalue weighted by atomic mass is 9.86. The van der Waals surface area contributed by atoms with Crippen molar-refractivity contribution in [2.24, 2.45) is 5.92 Å². The third-order valence-electron chi connectivity index (χ3n) is 3.41. The van der Waals surface area contributed by atoms with Gasteiger partial charge in [-0.1, -0.05) is 13.8 Å². The van der Waals surface area contributed by atoms with Crippen molar-refractivity contribution in [3.05, 3.63) is 29.6 Å². The summed E-state index contributed by atoms with van der Waals surface area (Å²) in [6.07, 6.45) is 0. The molecule has 1 N–H and O–H groups in total. The molecule has 1 unspecified atom stereocenters. The second-order valence-electron chi connectivity index (χ2n) is 5.42. The van der Waals surface area contributed by atoms with E-state index in [1.54, 1.807) is 19.9 Å². The Labute approximate surface area is 125 Å². The zero-order valence-corrected chi connectivity index (χ0v) is 13.3. The molecule has 0 saturated heterocycles. The molecule has 118 valence electrons. The Balaban J connectivity index is 3.19. The van der Waals surface area contributed by atoms with Crippen LogP contribution in [-0.4, -0.2) is 31.8 Å². The lowest BCUT2D eigenvalue weighted by Gasteiger charge is -2.36. The number of halogens is 1. The standard InChI is InChI=1S/C16H24FNO3/c1-6-21-15(19)16(10-20-5,11(2)3)18-14-8-12(4)7-13(17)9-14/h7-9,11,18H,6,10H2,1-5H3. The second-order valence-corrected chi connectivity index (χ2v) is 5.42. The van der Waals surface area contributed by atoms with Gasteiger partial charge in [-0.15, -0.1) is 0 Å². The molecule has 1 atom stereocenters. The number of methoxy groups -OCH3 is 1. The minimum absolute atomic E-state index is 0.0972. The van der Waals surface area contributed by atoms with Gasteiger partial charge >= 0.3 is 5.97 Å². The lowest BCUT2D eigenvalue weighted by Crippen LogP contribution is -2.55. The van der Waals surface area contributed by atoms with E-state index >= 15 is 0 Å². The van der Waals surface area contributed by atoms with Gasteiger partial charge in [0.05, 0.1) is 13.2 Å². The fourth-order valence-electron chi connectivity index (χ4n) is 2.25. The quantitative estimate of drug-likeness (QED) is 0.785. The SMILES string of the molecule is CCOC(=O)C(COC)(Nc1cc(C)cc(F)c1)C(C)C. The van der Waals surface area contributed by atoms with E-state index in [1.165, 1.54) is 19.2 Å². The summed E-state index contributed by atoms with van der Waals surface area (Å²) in [7, 11) is 1.52. The van der Waals surface area contributed by atoms with Crippen molar-refractivity contribution in [1.29, 1.82) is 0 Å². The normalized spacial score (nSPS) is 13.9. The number of carbonyl (C=O) groups is 1. The molecule has 1 rings (SSSR count). The summed E-state index contributed by atoms with van der Waals surface area (Å²) in [6.45, 7) is 7.76. The molecular formula is C16H24FNO3. The first-order valence-corrected chi connectivity index (χ1v) is 7.07. The predicted molar refractivity (Wildman–Crippen MR) is 80.8 cm³/mol. The molecule has 0 heterocycles. The summed E-state index contributed by atoms with van der Waals surface area (Å²) in [5.41, 5.74) is 0.257. The molecule has 5 heteroatoms. The highest BCUT2D eigenvalue weighted by Crippen LogP contribution is 2.27. The van der Waals surface area contributed by atoms with Crippen LogP contribution in [0.4, 0.5) is 10.1 Å². The Morgan fingerprint density at radius 1 is 1.38 bits per heavy atom. The van der Waals surface area contributed by atoms with E-state index in [0.29, 0.717) is 5.69 Å². The van der Waals surface area contributed by atoms with Gasteiger partial charge in [0, 0.05) is 12.8 Å². The van der Waals surface area contributed by atoms with Crippen molar-refractivity contribution in [3.8, 4) is 0 Å². The smallest absolute Gasteiger partial charge is 0.334 e. The fourth-order valence-corrected chi connectivity index (χ4v) is 2.25. The van der Waals surface area contributed by atoms with Crippen LogP contribution < -0.4 is 5.32 Å². The van der Waals surface area contributed by atoms with E-state index in [2.05, 4.69) is 5.32 Å². The third-order valence-corrected chi connectivity index (χ3v) is 3.41. The molecule has 0 saturated carbocycles. The Morgan fingerprint density at radius 3 is 2.52 bits per heavy atom. The Morgan fingerprint density at radius 2 is 2.05 bits per heavy atom. The van der Waals surface area contributed by atoms with Gasteiger partial charge in [-0.3, -0.25) is 0 Å². The molecule has 4 nitrogen and oxygen atoms in total. The van der Waals surface area contributed by atoms with Gasteiger partial charge in [-0.05, 0) is 43.5 Å². The van der Waals surface area contributed by atoms with E-state index in [1.807, 2.05) is 13.8 Å². The maximum Gasteiger partial charge on any atom is 0.334 e. The number of hydrogen-bond acceptors (Lipinski definition) is 4. The van der Waals surface area contributed by atoms with Gasteiger partial charge in [0.25, 0.3) is 0 Å². The first kappa shape index (κ1) is 17.4. The topological polar surface area (TPSA) is 47.6 Å². The van der Waals surface area contributed by atoms with Crippen molar-refractivity contribution in [2.45, 2.75) is 33.2 Å². The highest BCUT2D eigenvalue weighted by molar-refractivity contribution is 5.85. The van der Waals surface area contributed by atoms with Crippen LogP contribution in [0.2, 0.25) is 0 Å². The van der Waals surface area contributed by atoms with E-state index < -0.39 is 11.5 Å². The Bertz CT molecular complexity index is 470. The van der Waals surface area contributed by atoms with E-state index in [-0.39, 0.29) is 24.9 Å². The molecule has 21 heavy (non-hydrogen) atoms. The first-order chi connectivity index (χ1) is 9.85. The number of ether oxygens (including phenoxy) is 2. The van der Waals surface area contributed by atoms with Crippen LogP contribution in [0.1, 0.15) is 26.3 Å². The van der Waals surface area contributed by atoms with Crippen LogP contribution in [0, 0.1) is 18.7 Å². The average Bonchev–Trinajstić information content (AvgIpc) is 2.36. The summed E-state index contributed by atoms with van der Waals surface area (Å²) in [4.78, 5) is 12.4. The van der Waals surface area contributed by atoms with E-state index in [4.69, 9.17) is 9.47 Å². The molecule has 1 aromatic rings. The van der Waals surface area contributed by atoms with Crippen LogP contribution in [0.25, 0.3) is 0 Å². The Hall–Kier alpha value is -1.62. The number of esters is 1. The molecule has 0 radical (unpaired) electrons. The van der Waals surface area contributed by atoms with Crippen LogP contribution in [-0.2, 0) is 14.3 Å². The van der Waals surface area contributed by atoms with Gasteiger partial charge in [-0.2, -0.15) is 0 Å². The fraction of sp³-hybridized carbons (Fsp3) is 0.562. The number of aryl methyl sites for hydroxylation is 1. The van der Waals surface area contributed by atoms with Gasteiger partial charge in [0.1, 0.15) is 5.82 Å². The largest absolute Gasteiger partial charge is 0.464 e. The molecular weight excluding hydrogens is 273 g/mol. The van der Waals surface area contributed by atoms with Crippen molar-refractivity contribution < 1.29 is 18.7 Å². The molecule has 0 fully saturated rings. The molecule has 0 aromatic heterocycles. The minimum Gasteiger partial charge on any atom is -0.464 e. The lowest BCUT2D eigenvalue weighted by molar-refractivity contribution is -0.152. The van der Waals surface area contributed by atoms with E-state index in [0.717, 1.165) is 5.56 Å². The maximum atomic E-state index is 13.6. The van der Waals surface area contributed by atoms with Gasteiger partial charge in [0.15, 0.2) is 5.54 Å². The number of nitrogens with one attached hydrogen (secondary N) is 1. The molecule has 0 aliphatic heterocycles. The summed E-state index contributed by atoms with van der Waals surface area (Å²) in [6, 6.07) is 4.58. The van der Waals surface area contributed by atoms with Crippen molar-refractivity contribution >= 4 is 11.7 Å². The van der Waals surface area contributed by atoms with Crippen LogP contribution in [0.5, 0.6) is 0 Å². The summed E-state index contributed by atoms with van der Waals surface area (Å²) in [5.74, 6) is -0.847. The zero-order valence-electron chi connectivity index (χ0n) is 13.3. The number of carbonyl (C=O) groups excluding carboxylic acids is 1. The zero-order chi connectivity index (χ0) is 16.0. The van der Waals surface area contributed by atoms with Gasteiger partial charge < -0.3 is 14.8 Å². The summed E-state index contributed by atoms with van der Waals surface area (Å²) in [5, 5.41) is 3.12. The highest BCUT2D eigenvalue weighted by Gasteiger charge is 2.43. The summed E-state index contributed by atoms with van der Waals surface area (Å²) >= 11 is 0. The van der Waals surface area contributed by atoms with E-state index in [9.17, 15) is 9.18 Å². The van der Waals surface area contributed by atoms with Crippen LogP contribution >= 0.6 is 0 Å². The molecule has 0 amide bonds. The Kier molecular flexibility index (Phi) is 6.15. The molecule has 0 aliphatic rings. The minimum atomic E-state index is -1.05. The highest BCUT2D eigenvalue weighted by atomic mass is 19.1. The molecule has 0 bridgehead atoms. The van der Waals surface area contributed by atoms with Crippen molar-refractivity contribution in [3.63, 3.8) is 0 Å². The van der Waals surface area contributed by atoms with Crippen LogP contribution in [0.15, 0.2) is 18.2 Å². The maximum absolute atomic E-state index is 13.6. The average molecular weight is 297 g/mol. The number of anilines is 1. The summed E-state index contributed by atoms with van der Waals surface area (Å²) < 4.78 is 23.9. The predicted octanol–water partition coefficient (Wildman–Crippen LogP) is 3.15.